The van der Waals surface area contributed by atoms with Crippen LogP contribution in [0.3, 0.4) is 0 Å². The molecular formula is C17H27N2O2+. The van der Waals surface area contributed by atoms with Crippen LogP contribution >= 0.6 is 0 Å². The number of aryl methyl sites for hydroxylation is 1. The highest BCUT2D eigenvalue weighted by Gasteiger charge is 2.28. The van der Waals surface area contributed by atoms with Gasteiger partial charge in [-0.15, -0.1) is 0 Å². The first-order valence-electron chi connectivity index (χ1n) is 7.86. The molecule has 0 bridgehead atoms. The average Bonchev–Trinajstić information content (AvgIpc) is 2.63. The molecule has 2 N–H and O–H groups in total. The molecule has 0 spiro atoms. The Morgan fingerprint density at radius 3 is 2.24 bits per heavy atom. The van der Waals surface area contributed by atoms with Crippen molar-refractivity contribution < 1.29 is 14.5 Å². The number of aromatic nitrogens is 1. The van der Waals surface area contributed by atoms with E-state index in [4.69, 9.17) is 0 Å². The predicted molar refractivity (Wildman–Crippen MR) is 83.1 cm³/mol. The fraction of sp³-hybridized carbons (Fsp3) is 0.647. The van der Waals surface area contributed by atoms with E-state index in [0.717, 1.165) is 24.3 Å². The zero-order chi connectivity index (χ0) is 15.7. The molecule has 1 fully saturated rings. The molecule has 0 aliphatic carbocycles. The fourth-order valence-corrected chi connectivity index (χ4v) is 3.94. The molecule has 1 aliphatic heterocycles. The maximum atomic E-state index is 12.6. The van der Waals surface area contributed by atoms with Crippen LogP contribution in [0.2, 0.25) is 0 Å². The van der Waals surface area contributed by atoms with E-state index >= 15 is 0 Å². The third-order valence-electron chi connectivity index (χ3n) is 4.56. The highest BCUT2D eigenvalue weighted by molar-refractivity contribution is 6.03. The minimum Gasteiger partial charge on any atom is -0.355 e. The second-order valence-corrected chi connectivity index (χ2v) is 6.89. The number of Topliss-reactive ketones (excluding diaryl/α,β-unsaturated/α-hetero) is 2. The second kappa shape index (κ2) is 6.14. The first kappa shape index (κ1) is 16.0. The standard InChI is InChI=1S/C17H26N2O2/c1-10-6-11(2)8-19(7-10)9-15(21)17-12(3)16(14(5)20)13(4)18-17/h10-11,18H,6-9H2,1-5H3/p+1/t10-,11-/m0/s1. The Kier molecular flexibility index (Phi) is 4.67. The summed E-state index contributed by atoms with van der Waals surface area (Å²) >= 11 is 0. The number of likely N-dealkylation sites (tertiary alicyclic amines) is 1. The maximum absolute atomic E-state index is 12.6. The number of nitrogens with one attached hydrogen (secondary N) is 2. The fourth-order valence-electron chi connectivity index (χ4n) is 3.94. The number of hydrogen-bond acceptors (Lipinski definition) is 2. The van der Waals surface area contributed by atoms with Crippen molar-refractivity contribution in [2.45, 2.75) is 41.0 Å². The van der Waals surface area contributed by atoms with Crippen LogP contribution in [0.5, 0.6) is 0 Å². The summed E-state index contributed by atoms with van der Waals surface area (Å²) in [5.74, 6) is 1.50. The van der Waals surface area contributed by atoms with E-state index in [1.54, 1.807) is 6.92 Å². The van der Waals surface area contributed by atoms with Crippen molar-refractivity contribution in [2.75, 3.05) is 19.6 Å². The summed E-state index contributed by atoms with van der Waals surface area (Å²) in [4.78, 5) is 28.7. The van der Waals surface area contributed by atoms with E-state index in [2.05, 4.69) is 18.8 Å². The molecule has 0 aromatic carbocycles. The third-order valence-corrected chi connectivity index (χ3v) is 4.56. The molecule has 0 radical (unpaired) electrons. The van der Waals surface area contributed by atoms with Gasteiger partial charge in [0, 0.05) is 23.1 Å². The lowest BCUT2D eigenvalue weighted by molar-refractivity contribution is -0.903. The molecule has 2 rings (SSSR count). The van der Waals surface area contributed by atoms with Gasteiger partial charge in [0.15, 0.2) is 5.78 Å². The molecule has 2 atom stereocenters. The van der Waals surface area contributed by atoms with Crippen LogP contribution in [0.15, 0.2) is 0 Å². The molecule has 4 nitrogen and oxygen atoms in total. The molecule has 0 amide bonds. The Hall–Kier alpha value is -1.42. The molecule has 2 heterocycles. The van der Waals surface area contributed by atoms with Crippen LogP contribution in [-0.2, 0) is 0 Å². The first-order valence-corrected chi connectivity index (χ1v) is 7.86. The summed E-state index contributed by atoms with van der Waals surface area (Å²) in [6.07, 6.45) is 1.26. The Labute approximate surface area is 126 Å². The normalized spacial score (nSPS) is 25.9. The molecule has 1 saturated heterocycles. The number of piperidine rings is 1. The van der Waals surface area contributed by atoms with Crippen LogP contribution in [0.25, 0.3) is 0 Å². The van der Waals surface area contributed by atoms with Gasteiger partial charge >= 0.3 is 0 Å². The number of quaternary nitrogens is 1. The van der Waals surface area contributed by atoms with E-state index in [9.17, 15) is 9.59 Å². The largest absolute Gasteiger partial charge is 0.355 e. The summed E-state index contributed by atoms with van der Waals surface area (Å²) in [7, 11) is 0. The van der Waals surface area contributed by atoms with Gasteiger partial charge in [-0.05, 0) is 32.8 Å². The van der Waals surface area contributed by atoms with Gasteiger partial charge in [-0.2, -0.15) is 0 Å². The van der Waals surface area contributed by atoms with E-state index in [0.29, 0.717) is 29.6 Å². The monoisotopic (exact) mass is 291 g/mol. The molecule has 1 aromatic heterocycles. The number of ketones is 2. The molecule has 21 heavy (non-hydrogen) atoms. The maximum Gasteiger partial charge on any atom is 0.233 e. The molecule has 0 saturated carbocycles. The Balaban J connectivity index is 2.14. The number of aromatic amines is 1. The zero-order valence-electron chi connectivity index (χ0n) is 13.8. The summed E-state index contributed by atoms with van der Waals surface area (Å²) in [6.45, 7) is 12.4. The van der Waals surface area contributed by atoms with Crippen molar-refractivity contribution in [1.29, 1.82) is 0 Å². The predicted octanol–water partition coefficient (Wildman–Crippen LogP) is 1.58. The Morgan fingerprint density at radius 2 is 1.76 bits per heavy atom. The van der Waals surface area contributed by atoms with E-state index in [1.807, 2.05) is 13.8 Å². The lowest BCUT2D eigenvalue weighted by atomic mass is 9.91. The molecule has 4 heteroatoms. The van der Waals surface area contributed by atoms with Gasteiger partial charge in [-0.3, -0.25) is 9.59 Å². The van der Waals surface area contributed by atoms with Crippen molar-refractivity contribution >= 4 is 11.6 Å². The molecule has 116 valence electrons. The van der Waals surface area contributed by atoms with Gasteiger partial charge in [0.25, 0.3) is 0 Å². The topological polar surface area (TPSA) is 54.4 Å². The van der Waals surface area contributed by atoms with Crippen LogP contribution in [0.4, 0.5) is 0 Å². The number of carbonyl (C=O) groups is 2. The van der Waals surface area contributed by atoms with Gasteiger partial charge in [0.2, 0.25) is 5.78 Å². The van der Waals surface area contributed by atoms with Crippen LogP contribution in [0, 0.1) is 25.7 Å². The lowest BCUT2D eigenvalue weighted by Crippen LogP contribution is -3.15. The highest BCUT2D eigenvalue weighted by Crippen LogP contribution is 2.19. The molecule has 1 aromatic rings. The van der Waals surface area contributed by atoms with Crippen LogP contribution in [0.1, 0.15) is 59.3 Å². The van der Waals surface area contributed by atoms with Gasteiger partial charge in [-0.25, -0.2) is 0 Å². The number of carbonyl (C=O) groups excluding carboxylic acids is 2. The molecular weight excluding hydrogens is 264 g/mol. The van der Waals surface area contributed by atoms with Gasteiger partial charge < -0.3 is 9.88 Å². The Bertz CT molecular complexity index is 549. The van der Waals surface area contributed by atoms with Crippen LogP contribution < -0.4 is 4.90 Å². The molecule has 0 unspecified atom stereocenters. The van der Waals surface area contributed by atoms with Crippen molar-refractivity contribution in [3.05, 3.63) is 22.5 Å². The third kappa shape index (κ3) is 3.43. The minimum absolute atomic E-state index is 0.0212. The number of rotatable bonds is 4. The quantitative estimate of drug-likeness (QED) is 0.828. The van der Waals surface area contributed by atoms with E-state index < -0.39 is 0 Å². The van der Waals surface area contributed by atoms with Crippen LogP contribution in [-0.4, -0.2) is 36.2 Å². The van der Waals surface area contributed by atoms with Crippen molar-refractivity contribution in [1.82, 2.24) is 4.98 Å². The van der Waals surface area contributed by atoms with Crippen molar-refractivity contribution in [3.63, 3.8) is 0 Å². The summed E-state index contributed by atoms with van der Waals surface area (Å²) < 4.78 is 0. The number of H-pyrrole nitrogens is 1. The van der Waals surface area contributed by atoms with Crippen molar-refractivity contribution in [3.8, 4) is 0 Å². The summed E-state index contributed by atoms with van der Waals surface area (Å²) in [5.41, 5.74) is 2.91. The van der Waals surface area contributed by atoms with E-state index in [1.165, 1.54) is 11.3 Å². The summed E-state index contributed by atoms with van der Waals surface area (Å²) in [5, 5.41) is 0. The molecule has 1 aliphatic rings. The lowest BCUT2D eigenvalue weighted by Gasteiger charge is -2.31. The average molecular weight is 291 g/mol. The second-order valence-electron chi connectivity index (χ2n) is 6.89. The minimum atomic E-state index is 0.0212. The van der Waals surface area contributed by atoms with Gasteiger partial charge in [0.1, 0.15) is 6.54 Å². The van der Waals surface area contributed by atoms with E-state index in [-0.39, 0.29) is 11.6 Å². The number of hydrogen-bond donors (Lipinski definition) is 2. The van der Waals surface area contributed by atoms with Gasteiger partial charge in [-0.1, -0.05) is 13.8 Å². The first-order chi connectivity index (χ1) is 9.79. The highest BCUT2D eigenvalue weighted by atomic mass is 16.1. The Morgan fingerprint density at radius 1 is 1.19 bits per heavy atom. The van der Waals surface area contributed by atoms with Crippen molar-refractivity contribution in [2.24, 2.45) is 11.8 Å². The van der Waals surface area contributed by atoms with Gasteiger partial charge in [0.05, 0.1) is 18.8 Å². The SMILES string of the molecule is CC(=O)c1c(C)[nH]c(C(=O)C[NH+]2C[C@@H](C)C[C@H](C)C2)c1C. The smallest absolute Gasteiger partial charge is 0.233 e. The summed E-state index contributed by atoms with van der Waals surface area (Å²) in [6, 6.07) is 0. The zero-order valence-corrected chi connectivity index (χ0v) is 13.8.